The number of cyclic esters (lactones) is 2. The summed E-state index contributed by atoms with van der Waals surface area (Å²) < 4.78 is 44.3. The van der Waals surface area contributed by atoms with Crippen LogP contribution in [0.5, 0.6) is 11.5 Å². The number of amides is 1. The van der Waals surface area contributed by atoms with E-state index in [4.69, 9.17) is 48.5 Å². The van der Waals surface area contributed by atoms with Crippen molar-refractivity contribution in [3.63, 3.8) is 0 Å². The molecule has 0 spiro atoms. The Kier molecular flexibility index (Phi) is 22.8. The summed E-state index contributed by atoms with van der Waals surface area (Å²) in [7, 11) is 6.12. The SMILES string of the molecule is COCO[C@@H]1CC(C/C=C/C(=O)N=[N+]=[N-])OC(=O)c2c(cccc2OC)C/C=C/C[C@@H]1C.COCO[C@@H]1CC(C/C=C/C(=O)O)OC(=O)c2c(cccc2OC)C/C=C/C[C@@H]1C. The molecule has 2 aromatic rings. The lowest BCUT2D eigenvalue weighted by Crippen LogP contribution is -2.31. The lowest BCUT2D eigenvalue weighted by atomic mass is 9.93. The largest absolute Gasteiger partial charge is 0.496 e. The second kappa shape index (κ2) is 28.0. The van der Waals surface area contributed by atoms with Crippen molar-refractivity contribution >= 4 is 23.8 Å². The zero-order valence-corrected chi connectivity index (χ0v) is 36.3. The number of carboxylic acid groups (broad SMARTS) is 1. The van der Waals surface area contributed by atoms with Gasteiger partial charge in [-0.25, -0.2) is 14.4 Å². The average molecular weight is 862 g/mol. The van der Waals surface area contributed by atoms with Gasteiger partial charge >= 0.3 is 17.9 Å². The first-order valence-corrected chi connectivity index (χ1v) is 20.4. The van der Waals surface area contributed by atoms with Gasteiger partial charge < -0.3 is 43.0 Å². The smallest absolute Gasteiger partial charge is 0.342 e. The zero-order chi connectivity index (χ0) is 45.3. The molecule has 4 rings (SSSR count). The number of hydrogen-bond acceptors (Lipinski definition) is 12. The van der Waals surface area contributed by atoms with E-state index in [9.17, 15) is 19.2 Å². The fourth-order valence-corrected chi connectivity index (χ4v) is 6.93. The monoisotopic (exact) mass is 861 g/mol. The summed E-state index contributed by atoms with van der Waals surface area (Å²) in [6, 6.07) is 10.9. The molecule has 2 unspecified atom stereocenters. The molecule has 1 amide bonds. The van der Waals surface area contributed by atoms with E-state index in [0.717, 1.165) is 36.1 Å². The third kappa shape index (κ3) is 16.9. The maximum atomic E-state index is 13.2. The first-order valence-electron chi connectivity index (χ1n) is 20.4. The van der Waals surface area contributed by atoms with Crippen LogP contribution in [0.3, 0.4) is 0 Å². The van der Waals surface area contributed by atoms with Crippen molar-refractivity contribution in [2.24, 2.45) is 17.0 Å². The van der Waals surface area contributed by atoms with Gasteiger partial charge in [-0.15, -0.1) is 0 Å². The molecule has 16 heteroatoms. The van der Waals surface area contributed by atoms with E-state index in [1.165, 1.54) is 26.4 Å². The van der Waals surface area contributed by atoms with Crippen molar-refractivity contribution in [1.29, 1.82) is 0 Å². The van der Waals surface area contributed by atoms with Crippen LogP contribution in [-0.4, -0.2) is 95.4 Å². The molecule has 0 bridgehead atoms. The fourth-order valence-electron chi connectivity index (χ4n) is 6.93. The molecule has 0 saturated heterocycles. The molecule has 0 fully saturated rings. The molecule has 0 aliphatic carbocycles. The summed E-state index contributed by atoms with van der Waals surface area (Å²) in [6.07, 6.45) is 15.9. The van der Waals surface area contributed by atoms with E-state index in [-0.39, 0.29) is 50.5 Å². The third-order valence-electron chi connectivity index (χ3n) is 10.2. The lowest BCUT2D eigenvalue weighted by Gasteiger charge is -2.28. The quantitative estimate of drug-likeness (QED) is 0.0361. The Balaban J connectivity index is 0.000000331. The number of azide groups is 1. The predicted octanol–water partition coefficient (Wildman–Crippen LogP) is 8.29. The van der Waals surface area contributed by atoms with E-state index < -0.39 is 36.0 Å². The van der Waals surface area contributed by atoms with Crippen LogP contribution >= 0.6 is 0 Å². The van der Waals surface area contributed by atoms with Gasteiger partial charge in [-0.1, -0.05) is 74.6 Å². The first-order chi connectivity index (χ1) is 29.9. The van der Waals surface area contributed by atoms with Crippen molar-refractivity contribution in [2.45, 2.75) is 89.6 Å². The van der Waals surface area contributed by atoms with Crippen molar-refractivity contribution in [3.05, 3.63) is 118 Å². The molecule has 16 nitrogen and oxygen atoms in total. The van der Waals surface area contributed by atoms with Gasteiger partial charge in [0.25, 0.3) is 0 Å². The third-order valence-corrected chi connectivity index (χ3v) is 10.2. The number of fused-ring (bicyclic) bond motifs is 2. The van der Waals surface area contributed by atoms with Crippen LogP contribution in [0.15, 0.2) is 90.1 Å². The Morgan fingerprint density at radius 3 is 1.60 bits per heavy atom. The Morgan fingerprint density at radius 2 is 1.19 bits per heavy atom. The number of ether oxygens (including phenoxy) is 8. The molecule has 336 valence electrons. The zero-order valence-electron chi connectivity index (χ0n) is 36.3. The minimum absolute atomic E-state index is 0.112. The van der Waals surface area contributed by atoms with Crippen molar-refractivity contribution in [1.82, 2.24) is 0 Å². The number of aliphatic carboxylic acids is 1. The summed E-state index contributed by atoms with van der Waals surface area (Å²) in [6.45, 7) is 4.37. The highest BCUT2D eigenvalue weighted by atomic mass is 16.7. The van der Waals surface area contributed by atoms with E-state index in [0.29, 0.717) is 48.3 Å². The standard InChI is InChI=1S/C23H29N3O6.C23H30O7/c1-16-8-4-5-9-17-10-6-12-19(30-3)22(17)23(28)32-18(14-20(16)31-15-29-2)11-7-13-21(27)25-26-24;1-16-8-4-5-9-17-10-6-12-19(28-3)22(17)23(26)30-18(11-7-13-21(24)25)14-20(16)29-15-27-2/h4-7,10,12-13,16,18,20H,8-9,11,14-15H2,1-3H3;4-7,10,12-13,16,18,20H,8-9,11,14-15H2,1-3H3,(H,24,25)/b2*5-4+,13-7+/t2*16-,18?,20+/m00/s1. The number of esters is 2. The van der Waals surface area contributed by atoms with Gasteiger partial charge in [-0.05, 0) is 77.5 Å². The molecule has 2 aromatic carbocycles. The average Bonchev–Trinajstić information content (AvgIpc) is 3.25. The minimum Gasteiger partial charge on any atom is -0.496 e. The molecule has 1 N–H and O–H groups in total. The number of hydrogen-bond donors (Lipinski definition) is 1. The van der Waals surface area contributed by atoms with Crippen LogP contribution in [0.2, 0.25) is 0 Å². The molecule has 2 heterocycles. The van der Waals surface area contributed by atoms with Crippen LogP contribution in [0, 0.1) is 11.8 Å². The minimum atomic E-state index is -1.05. The summed E-state index contributed by atoms with van der Waals surface area (Å²) in [4.78, 5) is 51.0. The van der Waals surface area contributed by atoms with Crippen molar-refractivity contribution < 1.29 is 62.2 Å². The maximum absolute atomic E-state index is 13.2. The molecule has 2 aliphatic heterocycles. The second-order valence-corrected chi connectivity index (χ2v) is 14.7. The molecule has 0 radical (unpaired) electrons. The van der Waals surface area contributed by atoms with Crippen molar-refractivity contribution in [2.75, 3.05) is 42.0 Å². The van der Waals surface area contributed by atoms with Gasteiger partial charge in [0.1, 0.15) is 48.4 Å². The highest BCUT2D eigenvalue weighted by Gasteiger charge is 2.29. The molecule has 0 aromatic heterocycles. The van der Waals surface area contributed by atoms with E-state index in [1.807, 2.05) is 36.4 Å². The number of methoxy groups -OCH3 is 4. The number of rotatable bonds is 14. The van der Waals surface area contributed by atoms with Gasteiger partial charge in [-0.2, -0.15) is 0 Å². The number of nitrogens with zero attached hydrogens (tertiary/aromatic N) is 3. The lowest BCUT2D eigenvalue weighted by molar-refractivity contribution is -0.131. The van der Waals surface area contributed by atoms with Gasteiger partial charge in [0.15, 0.2) is 0 Å². The van der Waals surface area contributed by atoms with Crippen LogP contribution in [0.1, 0.15) is 84.2 Å². The van der Waals surface area contributed by atoms with Crippen LogP contribution in [0.4, 0.5) is 0 Å². The molecular formula is C46H59N3O13. The van der Waals surface area contributed by atoms with Crippen LogP contribution in [0.25, 0.3) is 10.4 Å². The predicted molar refractivity (Wildman–Crippen MR) is 230 cm³/mol. The van der Waals surface area contributed by atoms with Gasteiger partial charge in [-0.3, -0.25) is 4.79 Å². The normalized spacial score (nSPS) is 23.1. The number of carbonyl (C=O) groups excluding carboxylic acids is 3. The maximum Gasteiger partial charge on any atom is 0.342 e. The van der Waals surface area contributed by atoms with Crippen LogP contribution in [-0.2, 0) is 50.9 Å². The Morgan fingerprint density at radius 1 is 0.742 bits per heavy atom. The van der Waals surface area contributed by atoms with E-state index >= 15 is 0 Å². The molecule has 62 heavy (non-hydrogen) atoms. The molecular weight excluding hydrogens is 803 g/mol. The van der Waals surface area contributed by atoms with Gasteiger partial charge in [0.05, 0.1) is 26.4 Å². The van der Waals surface area contributed by atoms with Crippen molar-refractivity contribution in [3.8, 4) is 11.5 Å². The number of carboxylic acids is 1. The number of carbonyl (C=O) groups is 4. The van der Waals surface area contributed by atoms with E-state index in [1.54, 1.807) is 26.4 Å². The Hall–Kier alpha value is -5.77. The highest BCUT2D eigenvalue weighted by Crippen LogP contribution is 2.30. The number of benzene rings is 2. The Labute approximate surface area is 363 Å². The summed E-state index contributed by atoms with van der Waals surface area (Å²) in [5, 5.41) is 11.9. The molecule has 2 aliphatic rings. The first kappa shape index (κ1) is 50.6. The topological polar surface area (TPSA) is 211 Å². The van der Waals surface area contributed by atoms with Gasteiger partial charge in [0, 0.05) is 50.9 Å². The molecule has 0 saturated carbocycles. The number of allylic oxidation sites excluding steroid dienone is 4. The summed E-state index contributed by atoms with van der Waals surface area (Å²) in [5.41, 5.74) is 10.8. The summed E-state index contributed by atoms with van der Waals surface area (Å²) in [5.74, 6) is -1.59. The highest BCUT2D eigenvalue weighted by molar-refractivity contribution is 5.95. The van der Waals surface area contributed by atoms with Crippen LogP contribution < -0.4 is 9.47 Å². The summed E-state index contributed by atoms with van der Waals surface area (Å²) >= 11 is 0. The van der Waals surface area contributed by atoms with E-state index in [2.05, 4.69) is 36.0 Å². The molecule has 6 atom stereocenters. The Bertz CT molecular complexity index is 1940. The fraction of sp³-hybridized carbons (Fsp3) is 0.478. The second-order valence-electron chi connectivity index (χ2n) is 14.7. The van der Waals surface area contributed by atoms with Gasteiger partial charge in [0.2, 0.25) is 5.91 Å².